The number of aryl methyl sites for hydroxylation is 1. The Bertz CT molecular complexity index is 321. The van der Waals surface area contributed by atoms with Gasteiger partial charge < -0.3 is 14.8 Å². The normalized spacial score (nSPS) is 13.2. The monoisotopic (exact) mass is 211 g/mol. The van der Waals surface area contributed by atoms with Gasteiger partial charge in [-0.2, -0.15) is 0 Å². The zero-order valence-corrected chi connectivity index (χ0v) is 10.2. The Morgan fingerprint density at radius 2 is 1.87 bits per heavy atom. The van der Waals surface area contributed by atoms with E-state index >= 15 is 0 Å². The Balaban J connectivity index is 2.57. The SMILES string of the molecule is Cc1ccc(CNC(C)(C)C(C)(C)O)o1. The second-order valence-electron chi connectivity index (χ2n) is 5.05. The van der Waals surface area contributed by atoms with Crippen LogP contribution < -0.4 is 5.32 Å². The molecule has 15 heavy (non-hydrogen) atoms. The molecule has 0 aliphatic heterocycles. The number of nitrogens with one attached hydrogen (secondary N) is 1. The van der Waals surface area contributed by atoms with E-state index in [0.717, 1.165) is 11.5 Å². The third kappa shape index (κ3) is 3.08. The van der Waals surface area contributed by atoms with Gasteiger partial charge >= 0.3 is 0 Å². The van der Waals surface area contributed by atoms with E-state index in [-0.39, 0.29) is 5.54 Å². The zero-order chi connectivity index (χ0) is 11.7. The first-order chi connectivity index (χ1) is 6.72. The van der Waals surface area contributed by atoms with Crippen molar-refractivity contribution in [1.82, 2.24) is 5.32 Å². The Morgan fingerprint density at radius 1 is 1.27 bits per heavy atom. The van der Waals surface area contributed by atoms with Gasteiger partial charge in [0.2, 0.25) is 0 Å². The van der Waals surface area contributed by atoms with Crippen LogP contribution in [0.1, 0.15) is 39.2 Å². The van der Waals surface area contributed by atoms with Gasteiger partial charge in [0.1, 0.15) is 11.5 Å². The van der Waals surface area contributed by atoms with Crippen LogP contribution in [-0.4, -0.2) is 16.2 Å². The second kappa shape index (κ2) is 3.99. The third-order valence-electron chi connectivity index (χ3n) is 3.03. The summed E-state index contributed by atoms with van der Waals surface area (Å²) in [4.78, 5) is 0. The number of rotatable bonds is 4. The van der Waals surface area contributed by atoms with Crippen molar-refractivity contribution in [2.45, 2.75) is 52.3 Å². The van der Waals surface area contributed by atoms with Crippen molar-refractivity contribution in [1.29, 1.82) is 0 Å². The van der Waals surface area contributed by atoms with Crippen LogP contribution in [0.2, 0.25) is 0 Å². The first-order valence-electron chi connectivity index (χ1n) is 5.25. The molecule has 0 atom stereocenters. The average Bonchev–Trinajstić information content (AvgIpc) is 2.46. The summed E-state index contributed by atoms with van der Waals surface area (Å²) in [7, 11) is 0. The van der Waals surface area contributed by atoms with Gasteiger partial charge in [-0.15, -0.1) is 0 Å². The maximum atomic E-state index is 9.94. The van der Waals surface area contributed by atoms with Crippen molar-refractivity contribution in [2.24, 2.45) is 0 Å². The van der Waals surface area contributed by atoms with Crippen LogP contribution in [0.15, 0.2) is 16.5 Å². The van der Waals surface area contributed by atoms with Gasteiger partial charge in [0.15, 0.2) is 0 Å². The summed E-state index contributed by atoms with van der Waals surface area (Å²) in [6.07, 6.45) is 0. The van der Waals surface area contributed by atoms with Gasteiger partial charge in [0.25, 0.3) is 0 Å². The van der Waals surface area contributed by atoms with Crippen molar-refractivity contribution >= 4 is 0 Å². The molecule has 2 N–H and O–H groups in total. The first kappa shape index (κ1) is 12.3. The largest absolute Gasteiger partial charge is 0.465 e. The van der Waals surface area contributed by atoms with E-state index in [4.69, 9.17) is 4.42 Å². The quantitative estimate of drug-likeness (QED) is 0.802. The molecule has 0 saturated heterocycles. The lowest BCUT2D eigenvalue weighted by atomic mass is 9.86. The van der Waals surface area contributed by atoms with Crippen molar-refractivity contribution in [3.05, 3.63) is 23.7 Å². The highest BCUT2D eigenvalue weighted by molar-refractivity contribution is 5.06. The molecule has 0 bridgehead atoms. The fourth-order valence-electron chi connectivity index (χ4n) is 1.10. The number of furan rings is 1. The molecule has 0 aliphatic rings. The maximum Gasteiger partial charge on any atom is 0.117 e. The topological polar surface area (TPSA) is 45.4 Å². The van der Waals surface area contributed by atoms with Crippen LogP contribution in [-0.2, 0) is 6.54 Å². The molecule has 1 aromatic rings. The molecule has 0 spiro atoms. The van der Waals surface area contributed by atoms with Crippen molar-refractivity contribution < 1.29 is 9.52 Å². The Hall–Kier alpha value is -0.800. The van der Waals surface area contributed by atoms with E-state index in [1.165, 1.54) is 0 Å². The molecular formula is C12H21NO2. The van der Waals surface area contributed by atoms with Crippen molar-refractivity contribution in [2.75, 3.05) is 0 Å². The minimum absolute atomic E-state index is 0.353. The summed E-state index contributed by atoms with van der Waals surface area (Å²) in [6, 6.07) is 3.89. The van der Waals surface area contributed by atoms with Gasteiger partial charge in [-0.3, -0.25) is 0 Å². The van der Waals surface area contributed by atoms with E-state index in [1.54, 1.807) is 13.8 Å². The Kier molecular flexibility index (Phi) is 3.26. The summed E-state index contributed by atoms with van der Waals surface area (Å²) >= 11 is 0. The maximum absolute atomic E-state index is 9.94. The summed E-state index contributed by atoms with van der Waals surface area (Å²) < 4.78 is 5.45. The van der Waals surface area contributed by atoms with Crippen LogP contribution in [0.5, 0.6) is 0 Å². The van der Waals surface area contributed by atoms with Crippen molar-refractivity contribution in [3.8, 4) is 0 Å². The summed E-state index contributed by atoms with van der Waals surface area (Å²) in [5.41, 5.74) is -1.12. The molecule has 0 radical (unpaired) electrons. The highest BCUT2D eigenvalue weighted by Gasteiger charge is 2.34. The molecule has 0 saturated carbocycles. The second-order valence-corrected chi connectivity index (χ2v) is 5.05. The fourth-order valence-corrected chi connectivity index (χ4v) is 1.10. The zero-order valence-electron chi connectivity index (χ0n) is 10.2. The van der Waals surface area contributed by atoms with E-state index in [2.05, 4.69) is 5.32 Å². The molecule has 0 unspecified atom stereocenters. The van der Waals surface area contributed by atoms with Crippen LogP contribution in [0.25, 0.3) is 0 Å². The van der Waals surface area contributed by atoms with Crippen LogP contribution in [0.4, 0.5) is 0 Å². The number of aliphatic hydroxyl groups is 1. The summed E-state index contributed by atoms with van der Waals surface area (Å²) in [6.45, 7) is 10.1. The third-order valence-corrected chi connectivity index (χ3v) is 3.03. The number of hydrogen-bond donors (Lipinski definition) is 2. The van der Waals surface area contributed by atoms with Gasteiger partial charge in [-0.1, -0.05) is 0 Å². The molecule has 86 valence electrons. The highest BCUT2D eigenvalue weighted by Crippen LogP contribution is 2.21. The van der Waals surface area contributed by atoms with Gasteiger partial charge in [-0.05, 0) is 46.8 Å². The molecule has 1 rings (SSSR count). The molecule has 0 aromatic carbocycles. The molecule has 0 amide bonds. The summed E-state index contributed by atoms with van der Waals surface area (Å²) in [5.74, 6) is 1.80. The molecule has 0 fully saturated rings. The number of hydrogen-bond acceptors (Lipinski definition) is 3. The predicted molar refractivity (Wildman–Crippen MR) is 60.7 cm³/mol. The molecule has 3 nitrogen and oxygen atoms in total. The van der Waals surface area contributed by atoms with Crippen molar-refractivity contribution in [3.63, 3.8) is 0 Å². The van der Waals surface area contributed by atoms with E-state index in [0.29, 0.717) is 6.54 Å². The highest BCUT2D eigenvalue weighted by atomic mass is 16.3. The lowest BCUT2D eigenvalue weighted by Crippen LogP contribution is -2.55. The van der Waals surface area contributed by atoms with Gasteiger partial charge in [0, 0.05) is 5.54 Å². The van der Waals surface area contributed by atoms with Gasteiger partial charge in [0.05, 0.1) is 12.1 Å². The lowest BCUT2D eigenvalue weighted by Gasteiger charge is -2.38. The lowest BCUT2D eigenvalue weighted by molar-refractivity contribution is -0.00603. The standard InChI is InChI=1S/C12H21NO2/c1-9-6-7-10(15-9)8-13-11(2,3)12(4,5)14/h6-7,13-14H,8H2,1-5H3. The molecule has 3 heteroatoms. The van der Waals surface area contributed by atoms with E-state index in [1.807, 2.05) is 32.9 Å². The predicted octanol–water partition coefficient (Wildman–Crippen LogP) is 2.23. The average molecular weight is 211 g/mol. The first-order valence-corrected chi connectivity index (χ1v) is 5.25. The van der Waals surface area contributed by atoms with E-state index < -0.39 is 5.60 Å². The molecule has 1 heterocycles. The molecule has 0 aliphatic carbocycles. The fraction of sp³-hybridized carbons (Fsp3) is 0.667. The van der Waals surface area contributed by atoms with Crippen LogP contribution >= 0.6 is 0 Å². The Labute approximate surface area is 91.5 Å². The minimum atomic E-state index is -0.769. The van der Waals surface area contributed by atoms with Crippen LogP contribution in [0, 0.1) is 6.92 Å². The smallest absolute Gasteiger partial charge is 0.117 e. The van der Waals surface area contributed by atoms with Gasteiger partial charge in [-0.25, -0.2) is 0 Å². The minimum Gasteiger partial charge on any atom is -0.465 e. The summed E-state index contributed by atoms with van der Waals surface area (Å²) in [5, 5.41) is 13.2. The molecule has 1 aromatic heterocycles. The van der Waals surface area contributed by atoms with Crippen LogP contribution in [0.3, 0.4) is 0 Å². The van der Waals surface area contributed by atoms with E-state index in [9.17, 15) is 5.11 Å². The molecular weight excluding hydrogens is 190 g/mol. The Morgan fingerprint density at radius 3 is 2.27 bits per heavy atom.